The molecule has 13 rings (SSSR count). The predicted octanol–water partition coefficient (Wildman–Crippen LogP) is 16.4. The quantitative estimate of drug-likeness (QED) is 0.165. The molecular formula is C62H44N2. The molecule has 302 valence electrons. The fraction of sp³-hybridized carbons (Fsp3) is 0.0645. The topological polar surface area (TPSA) is 6.48 Å². The van der Waals surface area contributed by atoms with Crippen molar-refractivity contribution in [1.82, 2.24) is 0 Å². The van der Waals surface area contributed by atoms with Crippen LogP contribution in [0.3, 0.4) is 0 Å². The van der Waals surface area contributed by atoms with Crippen molar-refractivity contribution in [3.05, 3.63) is 264 Å². The van der Waals surface area contributed by atoms with Gasteiger partial charge in [-0.1, -0.05) is 184 Å². The SMILES string of the molecule is CC1(C)c2ccccc2-c2cc(N(c3ccccc3)c3cccc4c3-c3ccccc3C43c4ccccc4-c4c3c(N(c3ccccc3)c3ccccc3)cc3ccccc43)ccc21. The van der Waals surface area contributed by atoms with Crippen LogP contribution in [0.5, 0.6) is 0 Å². The van der Waals surface area contributed by atoms with Gasteiger partial charge in [-0.15, -0.1) is 0 Å². The summed E-state index contributed by atoms with van der Waals surface area (Å²) in [7, 11) is 0. The summed E-state index contributed by atoms with van der Waals surface area (Å²) in [5.74, 6) is 0. The van der Waals surface area contributed by atoms with Gasteiger partial charge in [0.05, 0.1) is 16.8 Å². The standard InChI is InChI=1S/C62H44N2/c1-61(2)51-32-17-14-29-47(51)50-40-45(37-38-52(50)61)64(44-26-10-5-11-27-44)56-36-20-35-55-59(56)49-31-16-19-34-54(49)62(55)53-33-18-15-30-48(53)58-46-28-13-12-21-41(46)39-57(60(58)62)63(42-22-6-3-7-23-42)43-24-8-4-9-25-43/h3-40H,1-2H3. The Kier molecular flexibility index (Phi) is 7.90. The van der Waals surface area contributed by atoms with E-state index in [2.05, 4.69) is 254 Å². The minimum absolute atomic E-state index is 0.0835. The summed E-state index contributed by atoms with van der Waals surface area (Å²) in [5, 5.41) is 2.48. The Morgan fingerprint density at radius 3 is 1.44 bits per heavy atom. The molecule has 1 unspecified atom stereocenters. The molecule has 0 saturated carbocycles. The smallest absolute Gasteiger partial charge is 0.0747 e. The lowest BCUT2D eigenvalue weighted by atomic mass is 9.69. The molecular weight excluding hydrogens is 773 g/mol. The van der Waals surface area contributed by atoms with Gasteiger partial charge in [-0.2, -0.15) is 0 Å². The van der Waals surface area contributed by atoms with Crippen molar-refractivity contribution < 1.29 is 0 Å². The van der Waals surface area contributed by atoms with E-state index in [0.29, 0.717) is 0 Å². The van der Waals surface area contributed by atoms with Gasteiger partial charge >= 0.3 is 0 Å². The molecule has 10 aromatic carbocycles. The first-order valence-electron chi connectivity index (χ1n) is 22.4. The number of hydrogen-bond donors (Lipinski definition) is 0. The summed E-state index contributed by atoms with van der Waals surface area (Å²) in [6.07, 6.45) is 0. The summed E-state index contributed by atoms with van der Waals surface area (Å²) in [6.45, 7) is 4.72. The third-order valence-corrected chi connectivity index (χ3v) is 14.4. The zero-order chi connectivity index (χ0) is 42.6. The molecule has 10 aromatic rings. The van der Waals surface area contributed by atoms with Gasteiger partial charge < -0.3 is 9.80 Å². The van der Waals surface area contributed by atoms with E-state index in [-0.39, 0.29) is 5.41 Å². The molecule has 64 heavy (non-hydrogen) atoms. The molecule has 0 fully saturated rings. The van der Waals surface area contributed by atoms with Gasteiger partial charge in [-0.25, -0.2) is 0 Å². The summed E-state index contributed by atoms with van der Waals surface area (Å²) in [4.78, 5) is 5.00. The molecule has 2 nitrogen and oxygen atoms in total. The highest BCUT2D eigenvalue weighted by atomic mass is 15.2. The van der Waals surface area contributed by atoms with E-state index >= 15 is 0 Å². The minimum Gasteiger partial charge on any atom is -0.310 e. The fourth-order valence-electron chi connectivity index (χ4n) is 11.8. The van der Waals surface area contributed by atoms with Gasteiger partial charge in [-0.3, -0.25) is 0 Å². The van der Waals surface area contributed by atoms with Crippen LogP contribution >= 0.6 is 0 Å². The molecule has 3 aliphatic carbocycles. The predicted molar refractivity (Wildman–Crippen MR) is 267 cm³/mol. The summed E-state index contributed by atoms with van der Waals surface area (Å²) < 4.78 is 0. The van der Waals surface area contributed by atoms with E-state index in [0.717, 1.165) is 28.4 Å². The maximum atomic E-state index is 2.51. The third kappa shape index (κ3) is 4.97. The van der Waals surface area contributed by atoms with E-state index in [1.807, 2.05) is 0 Å². The molecule has 0 aromatic heterocycles. The van der Waals surface area contributed by atoms with Crippen molar-refractivity contribution in [3.8, 4) is 33.4 Å². The van der Waals surface area contributed by atoms with E-state index in [4.69, 9.17) is 0 Å². The van der Waals surface area contributed by atoms with Crippen LogP contribution in [0.1, 0.15) is 47.2 Å². The van der Waals surface area contributed by atoms with Crippen LogP contribution in [-0.4, -0.2) is 0 Å². The number of anilines is 6. The van der Waals surface area contributed by atoms with Crippen molar-refractivity contribution in [2.45, 2.75) is 24.7 Å². The molecule has 1 spiro atoms. The second-order valence-electron chi connectivity index (χ2n) is 18.0. The van der Waals surface area contributed by atoms with Crippen LogP contribution in [0.25, 0.3) is 44.2 Å². The highest BCUT2D eigenvalue weighted by molar-refractivity contribution is 6.11. The molecule has 0 saturated heterocycles. The lowest BCUT2D eigenvalue weighted by molar-refractivity contribution is 0.660. The molecule has 2 heteroatoms. The molecule has 0 amide bonds. The number of para-hydroxylation sites is 3. The zero-order valence-electron chi connectivity index (χ0n) is 35.8. The van der Waals surface area contributed by atoms with Crippen LogP contribution in [0.15, 0.2) is 231 Å². The van der Waals surface area contributed by atoms with Gasteiger partial charge in [0.15, 0.2) is 0 Å². The normalized spacial score (nSPS) is 15.5. The monoisotopic (exact) mass is 816 g/mol. The van der Waals surface area contributed by atoms with Gasteiger partial charge in [0.1, 0.15) is 0 Å². The van der Waals surface area contributed by atoms with Crippen LogP contribution < -0.4 is 9.80 Å². The highest BCUT2D eigenvalue weighted by Gasteiger charge is 2.55. The minimum atomic E-state index is -0.641. The van der Waals surface area contributed by atoms with E-state index in [9.17, 15) is 0 Å². The maximum absolute atomic E-state index is 2.51. The molecule has 0 bridgehead atoms. The number of benzene rings is 10. The van der Waals surface area contributed by atoms with Crippen molar-refractivity contribution >= 4 is 44.9 Å². The Balaban J connectivity index is 1.15. The molecule has 0 radical (unpaired) electrons. The van der Waals surface area contributed by atoms with Crippen molar-refractivity contribution in [2.24, 2.45) is 0 Å². The summed E-state index contributed by atoms with van der Waals surface area (Å²) in [6, 6.07) is 85.8. The largest absolute Gasteiger partial charge is 0.310 e. The first-order chi connectivity index (χ1) is 31.5. The second-order valence-corrected chi connectivity index (χ2v) is 18.0. The van der Waals surface area contributed by atoms with Crippen LogP contribution in [0.4, 0.5) is 34.1 Å². The van der Waals surface area contributed by atoms with Crippen LogP contribution in [-0.2, 0) is 10.8 Å². The average Bonchev–Trinajstić information content (AvgIpc) is 3.92. The lowest BCUT2D eigenvalue weighted by Crippen LogP contribution is -2.28. The second kappa shape index (κ2) is 13.8. The number of hydrogen-bond acceptors (Lipinski definition) is 2. The van der Waals surface area contributed by atoms with E-state index < -0.39 is 5.41 Å². The van der Waals surface area contributed by atoms with Gasteiger partial charge in [0.25, 0.3) is 0 Å². The molecule has 0 aliphatic heterocycles. The zero-order valence-corrected chi connectivity index (χ0v) is 35.8. The van der Waals surface area contributed by atoms with Gasteiger partial charge in [0.2, 0.25) is 0 Å². The third-order valence-electron chi connectivity index (χ3n) is 14.4. The summed E-state index contributed by atoms with van der Waals surface area (Å²) >= 11 is 0. The average molecular weight is 817 g/mol. The van der Waals surface area contributed by atoms with Crippen molar-refractivity contribution in [2.75, 3.05) is 9.80 Å². The highest BCUT2D eigenvalue weighted by Crippen LogP contribution is 2.68. The van der Waals surface area contributed by atoms with Crippen LogP contribution in [0, 0.1) is 0 Å². The first kappa shape index (κ1) is 36.7. The number of nitrogens with zero attached hydrogens (tertiary/aromatic N) is 2. The Labute approximate surface area is 375 Å². The first-order valence-corrected chi connectivity index (χ1v) is 22.4. The van der Waals surface area contributed by atoms with Crippen LogP contribution in [0.2, 0.25) is 0 Å². The molecule has 1 atom stereocenters. The molecule has 3 aliphatic rings. The molecule has 0 heterocycles. The maximum Gasteiger partial charge on any atom is 0.0747 e. The Morgan fingerprint density at radius 1 is 0.312 bits per heavy atom. The van der Waals surface area contributed by atoms with E-state index in [1.54, 1.807) is 0 Å². The fourth-order valence-corrected chi connectivity index (χ4v) is 11.8. The summed E-state index contributed by atoms with van der Waals surface area (Å²) in [5.41, 5.74) is 21.8. The Hall–Kier alpha value is -7.94. The number of fused-ring (bicyclic) bond motifs is 15. The van der Waals surface area contributed by atoms with Crippen molar-refractivity contribution in [1.29, 1.82) is 0 Å². The van der Waals surface area contributed by atoms with E-state index in [1.165, 1.54) is 83.2 Å². The van der Waals surface area contributed by atoms with Gasteiger partial charge in [0, 0.05) is 39.3 Å². The van der Waals surface area contributed by atoms with Gasteiger partial charge in [-0.05, 0) is 127 Å². The molecule has 0 N–H and O–H groups in total. The Morgan fingerprint density at radius 2 is 0.797 bits per heavy atom. The lowest BCUT2D eigenvalue weighted by Gasteiger charge is -2.36. The number of rotatable bonds is 6. The Bertz CT molecular complexity index is 3440. The van der Waals surface area contributed by atoms with Crippen molar-refractivity contribution in [3.63, 3.8) is 0 Å².